The molecule has 1 heterocycles. The van der Waals surface area contributed by atoms with Gasteiger partial charge in [0.05, 0.1) is 5.92 Å². The van der Waals surface area contributed by atoms with Crippen LogP contribution in [0.25, 0.3) is 0 Å². The van der Waals surface area contributed by atoms with Crippen LogP contribution in [-0.2, 0) is 23.2 Å². The number of aryl methyl sites for hydroxylation is 1. The normalized spacial score (nSPS) is 25.8. The lowest BCUT2D eigenvalue weighted by Crippen LogP contribution is -2.12. The molecule has 3 aliphatic rings. The number of fused-ring (bicyclic) bond motifs is 4. The first-order valence-corrected chi connectivity index (χ1v) is 11.9. The fourth-order valence-corrected chi connectivity index (χ4v) is 6.43. The molecule has 2 aromatic carbocycles. The van der Waals surface area contributed by atoms with Crippen molar-refractivity contribution < 1.29 is 14.6 Å². The number of hydrogen-bond donors (Lipinski definition) is 1. The van der Waals surface area contributed by atoms with Crippen LogP contribution in [0.15, 0.2) is 54.7 Å². The molecule has 4 nitrogen and oxygen atoms in total. The van der Waals surface area contributed by atoms with Crippen LogP contribution in [0.5, 0.6) is 5.88 Å². The van der Waals surface area contributed by atoms with E-state index in [4.69, 9.17) is 4.74 Å². The summed E-state index contributed by atoms with van der Waals surface area (Å²) in [7, 11) is 0. The maximum atomic E-state index is 11.3. The SMILES string of the molecule is Cc1ccccc1C1CC(C)(C)c2ccc(COc3cc4c(cn3)[C@H]3[C@@H](C4)[C@@H]3C(=O)O)cc21. The summed E-state index contributed by atoms with van der Waals surface area (Å²) in [6, 6.07) is 17.5. The summed E-state index contributed by atoms with van der Waals surface area (Å²) in [6.07, 6.45) is 3.77. The number of nitrogens with zero attached hydrogens (tertiary/aromatic N) is 1. The Morgan fingerprint density at radius 3 is 2.73 bits per heavy atom. The van der Waals surface area contributed by atoms with Gasteiger partial charge < -0.3 is 9.84 Å². The predicted octanol–water partition coefficient (Wildman–Crippen LogP) is 5.75. The predicted molar refractivity (Wildman–Crippen MR) is 127 cm³/mol. The van der Waals surface area contributed by atoms with Crippen LogP contribution < -0.4 is 4.74 Å². The second kappa shape index (κ2) is 7.18. The van der Waals surface area contributed by atoms with Gasteiger partial charge in [-0.05, 0) is 70.0 Å². The molecule has 3 aromatic rings. The lowest BCUT2D eigenvalue weighted by Gasteiger charge is -2.20. The summed E-state index contributed by atoms with van der Waals surface area (Å²) in [6.45, 7) is 7.36. The van der Waals surface area contributed by atoms with Crippen LogP contribution >= 0.6 is 0 Å². The molecule has 4 heteroatoms. The Morgan fingerprint density at radius 2 is 1.94 bits per heavy atom. The third kappa shape index (κ3) is 3.26. The highest BCUT2D eigenvalue weighted by atomic mass is 16.5. The zero-order chi connectivity index (χ0) is 22.9. The van der Waals surface area contributed by atoms with Crippen molar-refractivity contribution >= 4 is 5.97 Å². The molecular weight excluding hydrogens is 410 g/mol. The summed E-state index contributed by atoms with van der Waals surface area (Å²) >= 11 is 0. The van der Waals surface area contributed by atoms with Gasteiger partial charge in [0.2, 0.25) is 5.88 Å². The number of ether oxygens (including phenoxy) is 1. The average molecular weight is 440 g/mol. The number of hydrogen-bond acceptors (Lipinski definition) is 3. The highest BCUT2D eigenvalue weighted by Gasteiger charge is 2.59. The fourth-order valence-electron chi connectivity index (χ4n) is 6.43. The average Bonchev–Trinajstić information content (AvgIpc) is 3.28. The van der Waals surface area contributed by atoms with E-state index in [2.05, 4.69) is 68.2 Å². The summed E-state index contributed by atoms with van der Waals surface area (Å²) < 4.78 is 6.09. The lowest BCUT2D eigenvalue weighted by atomic mass is 9.84. The van der Waals surface area contributed by atoms with Gasteiger partial charge in [0.25, 0.3) is 0 Å². The van der Waals surface area contributed by atoms with E-state index in [0.29, 0.717) is 18.4 Å². The Morgan fingerprint density at radius 1 is 1.12 bits per heavy atom. The molecule has 3 aliphatic carbocycles. The molecule has 4 atom stereocenters. The molecular formula is C29H29NO3. The molecule has 0 radical (unpaired) electrons. The van der Waals surface area contributed by atoms with E-state index in [9.17, 15) is 9.90 Å². The molecule has 1 N–H and O–H groups in total. The number of pyridine rings is 1. The second-order valence-corrected chi connectivity index (χ2v) is 10.7. The minimum absolute atomic E-state index is 0.150. The van der Waals surface area contributed by atoms with Crippen LogP contribution in [0.3, 0.4) is 0 Å². The van der Waals surface area contributed by atoms with Crippen molar-refractivity contribution in [3.05, 3.63) is 93.7 Å². The third-order valence-electron chi connectivity index (χ3n) is 8.15. The monoisotopic (exact) mass is 439 g/mol. The van der Waals surface area contributed by atoms with Crippen molar-refractivity contribution in [2.75, 3.05) is 0 Å². The van der Waals surface area contributed by atoms with Crippen molar-refractivity contribution in [2.45, 2.75) is 57.5 Å². The topological polar surface area (TPSA) is 59.4 Å². The molecule has 1 saturated carbocycles. The fraction of sp³-hybridized carbons (Fsp3) is 0.379. The first-order chi connectivity index (χ1) is 15.8. The van der Waals surface area contributed by atoms with Gasteiger partial charge in [-0.3, -0.25) is 4.79 Å². The van der Waals surface area contributed by atoms with E-state index in [1.807, 2.05) is 12.3 Å². The van der Waals surface area contributed by atoms with Gasteiger partial charge in [-0.1, -0.05) is 56.3 Å². The maximum Gasteiger partial charge on any atom is 0.307 e. The van der Waals surface area contributed by atoms with Crippen molar-refractivity contribution in [3.63, 3.8) is 0 Å². The van der Waals surface area contributed by atoms with E-state index in [1.54, 1.807) is 0 Å². The van der Waals surface area contributed by atoms with Gasteiger partial charge in [0.1, 0.15) is 6.61 Å². The number of aliphatic carboxylic acids is 1. The largest absolute Gasteiger partial charge is 0.481 e. The van der Waals surface area contributed by atoms with Gasteiger partial charge in [-0.25, -0.2) is 4.98 Å². The minimum atomic E-state index is -0.681. The molecule has 168 valence electrons. The number of carbonyl (C=O) groups is 1. The van der Waals surface area contributed by atoms with E-state index in [0.717, 1.165) is 24.0 Å². The van der Waals surface area contributed by atoms with E-state index in [-0.39, 0.29) is 23.2 Å². The van der Waals surface area contributed by atoms with Crippen molar-refractivity contribution in [1.29, 1.82) is 0 Å². The van der Waals surface area contributed by atoms with Gasteiger partial charge in [0, 0.05) is 24.1 Å². The summed E-state index contributed by atoms with van der Waals surface area (Å²) in [5.41, 5.74) is 9.21. The van der Waals surface area contributed by atoms with E-state index < -0.39 is 5.97 Å². The molecule has 0 amide bonds. The van der Waals surface area contributed by atoms with Crippen LogP contribution in [0.1, 0.15) is 71.0 Å². The number of carboxylic acid groups (broad SMARTS) is 1. The van der Waals surface area contributed by atoms with E-state index >= 15 is 0 Å². The van der Waals surface area contributed by atoms with Gasteiger partial charge in [0.15, 0.2) is 0 Å². The van der Waals surface area contributed by atoms with Crippen LogP contribution in [0.4, 0.5) is 0 Å². The first-order valence-electron chi connectivity index (χ1n) is 11.9. The maximum absolute atomic E-state index is 11.3. The first kappa shape index (κ1) is 20.5. The zero-order valence-electron chi connectivity index (χ0n) is 19.3. The number of rotatable bonds is 5. The second-order valence-electron chi connectivity index (χ2n) is 10.7. The molecule has 1 unspecified atom stereocenters. The molecule has 0 spiro atoms. The number of carboxylic acids is 1. The molecule has 6 rings (SSSR count). The minimum Gasteiger partial charge on any atom is -0.481 e. The Labute approximate surface area is 194 Å². The third-order valence-corrected chi connectivity index (χ3v) is 8.15. The molecule has 0 aliphatic heterocycles. The Hall–Kier alpha value is -3.14. The van der Waals surface area contributed by atoms with Gasteiger partial charge in [-0.15, -0.1) is 0 Å². The summed E-state index contributed by atoms with van der Waals surface area (Å²) in [5.74, 6) is 0.523. The zero-order valence-corrected chi connectivity index (χ0v) is 19.3. The lowest BCUT2D eigenvalue weighted by molar-refractivity contribution is -0.139. The number of benzene rings is 2. The molecule has 1 fully saturated rings. The molecule has 1 aromatic heterocycles. The van der Waals surface area contributed by atoms with Gasteiger partial charge in [-0.2, -0.15) is 0 Å². The molecule has 0 saturated heterocycles. The highest BCUT2D eigenvalue weighted by molar-refractivity contribution is 5.77. The smallest absolute Gasteiger partial charge is 0.307 e. The van der Waals surface area contributed by atoms with Gasteiger partial charge >= 0.3 is 5.97 Å². The summed E-state index contributed by atoms with van der Waals surface area (Å²) in [4.78, 5) is 15.8. The quantitative estimate of drug-likeness (QED) is 0.550. The van der Waals surface area contributed by atoms with Crippen LogP contribution in [0, 0.1) is 18.8 Å². The van der Waals surface area contributed by atoms with Crippen molar-refractivity contribution in [1.82, 2.24) is 4.98 Å². The van der Waals surface area contributed by atoms with Crippen molar-refractivity contribution in [3.8, 4) is 5.88 Å². The Kier molecular flexibility index (Phi) is 4.45. The highest BCUT2D eigenvalue weighted by Crippen LogP contribution is 2.61. The molecule has 0 bridgehead atoms. The van der Waals surface area contributed by atoms with E-state index in [1.165, 1.54) is 27.8 Å². The van der Waals surface area contributed by atoms with Crippen LogP contribution in [-0.4, -0.2) is 16.1 Å². The summed E-state index contributed by atoms with van der Waals surface area (Å²) in [5, 5.41) is 9.31. The Bertz CT molecular complexity index is 1280. The van der Waals surface area contributed by atoms with Crippen LogP contribution in [0.2, 0.25) is 0 Å². The Balaban J connectivity index is 1.22. The molecule has 33 heavy (non-hydrogen) atoms. The standard InChI is InChI=1S/C29H29NO3/c1-16-6-4-5-7-19(16)22-13-29(2,3)24-9-8-17(10-20(22)24)15-33-25-12-18-11-21-26(23(18)14-30-25)27(21)28(31)32/h4-10,12,14,21-22,26-27H,11,13,15H2,1-3H3,(H,31,32)/t21-,22?,26-,27+/m1/s1. The van der Waals surface area contributed by atoms with Crippen molar-refractivity contribution in [2.24, 2.45) is 11.8 Å². The number of aromatic nitrogens is 1.